The summed E-state index contributed by atoms with van der Waals surface area (Å²) in [5, 5.41) is 1.11. The van der Waals surface area contributed by atoms with E-state index in [0.717, 1.165) is 23.4 Å². The topological polar surface area (TPSA) is 31.2 Å². The summed E-state index contributed by atoms with van der Waals surface area (Å²) in [6.45, 7) is 3.19. The van der Waals surface area contributed by atoms with Gasteiger partial charge in [-0.25, -0.2) is 4.79 Å². The summed E-state index contributed by atoms with van der Waals surface area (Å²) in [4.78, 5) is 12.0. The van der Waals surface area contributed by atoms with Crippen molar-refractivity contribution < 1.29 is 9.53 Å². The number of fused-ring (bicyclic) bond motifs is 1. The van der Waals surface area contributed by atoms with Gasteiger partial charge < -0.3 is 9.30 Å². The van der Waals surface area contributed by atoms with Gasteiger partial charge in [0.05, 0.1) is 6.61 Å². The van der Waals surface area contributed by atoms with Crippen molar-refractivity contribution in [3.63, 3.8) is 0 Å². The van der Waals surface area contributed by atoms with Crippen LogP contribution in [0.2, 0.25) is 0 Å². The number of carbonyl (C=O) groups is 1. The van der Waals surface area contributed by atoms with Crippen LogP contribution in [0.5, 0.6) is 0 Å². The van der Waals surface area contributed by atoms with Gasteiger partial charge in [0.2, 0.25) is 0 Å². The predicted octanol–water partition coefficient (Wildman–Crippen LogP) is 3.23. The molecule has 1 saturated carbocycles. The molecule has 0 atom stereocenters. The van der Waals surface area contributed by atoms with Gasteiger partial charge in [0, 0.05) is 17.4 Å². The van der Waals surface area contributed by atoms with Gasteiger partial charge in [-0.2, -0.15) is 0 Å². The van der Waals surface area contributed by atoms with Gasteiger partial charge in [-0.15, -0.1) is 0 Å². The number of ether oxygens (including phenoxy) is 1. The molecule has 2 aromatic rings. The maximum absolute atomic E-state index is 12.0. The fourth-order valence-electron chi connectivity index (χ4n) is 2.34. The Balaban J connectivity index is 2.06. The Morgan fingerprint density at radius 1 is 1.39 bits per heavy atom. The Morgan fingerprint density at radius 2 is 2.17 bits per heavy atom. The summed E-state index contributed by atoms with van der Waals surface area (Å²) in [7, 11) is 0. The predicted molar refractivity (Wildman–Crippen MR) is 70.6 cm³/mol. The highest BCUT2D eigenvalue weighted by molar-refractivity contribution is 5.95. The quantitative estimate of drug-likeness (QED) is 0.772. The van der Waals surface area contributed by atoms with Crippen molar-refractivity contribution in [2.75, 3.05) is 6.61 Å². The lowest BCUT2D eigenvalue weighted by molar-refractivity contribution is 0.0514. The third kappa shape index (κ3) is 2.01. The summed E-state index contributed by atoms with van der Waals surface area (Å²) in [6, 6.07) is 10.1. The zero-order chi connectivity index (χ0) is 12.5. The molecular weight excluding hydrogens is 226 g/mol. The molecule has 1 aromatic heterocycles. The van der Waals surface area contributed by atoms with Crippen molar-refractivity contribution in [3.8, 4) is 0 Å². The first-order valence-corrected chi connectivity index (χ1v) is 6.55. The van der Waals surface area contributed by atoms with Crippen molar-refractivity contribution in [1.29, 1.82) is 0 Å². The molecule has 1 aliphatic carbocycles. The summed E-state index contributed by atoms with van der Waals surface area (Å²) < 4.78 is 7.26. The van der Waals surface area contributed by atoms with E-state index in [1.807, 2.05) is 31.2 Å². The summed E-state index contributed by atoms with van der Waals surface area (Å²) in [5.41, 5.74) is 1.82. The largest absolute Gasteiger partial charge is 0.461 e. The average molecular weight is 243 g/mol. The van der Waals surface area contributed by atoms with Crippen LogP contribution in [0.4, 0.5) is 0 Å². The van der Waals surface area contributed by atoms with E-state index >= 15 is 0 Å². The smallest absolute Gasteiger partial charge is 0.354 e. The molecule has 3 heteroatoms. The second-order valence-corrected chi connectivity index (χ2v) is 4.86. The first-order valence-electron chi connectivity index (χ1n) is 6.55. The second-order valence-electron chi connectivity index (χ2n) is 4.86. The van der Waals surface area contributed by atoms with Gasteiger partial charge in [-0.3, -0.25) is 0 Å². The molecule has 1 fully saturated rings. The van der Waals surface area contributed by atoms with Crippen LogP contribution >= 0.6 is 0 Å². The van der Waals surface area contributed by atoms with Crippen LogP contribution in [0.15, 0.2) is 30.3 Å². The zero-order valence-corrected chi connectivity index (χ0v) is 10.6. The zero-order valence-electron chi connectivity index (χ0n) is 10.6. The third-order valence-electron chi connectivity index (χ3n) is 3.43. The number of carbonyl (C=O) groups excluding carboxylic acids is 1. The maximum Gasteiger partial charge on any atom is 0.354 e. The molecule has 0 bridgehead atoms. The van der Waals surface area contributed by atoms with Crippen molar-refractivity contribution in [1.82, 2.24) is 4.57 Å². The van der Waals surface area contributed by atoms with Gasteiger partial charge in [0.1, 0.15) is 5.69 Å². The molecule has 18 heavy (non-hydrogen) atoms. The van der Waals surface area contributed by atoms with Crippen molar-refractivity contribution in [3.05, 3.63) is 36.0 Å². The minimum atomic E-state index is -0.214. The fraction of sp³-hybridized carbons (Fsp3) is 0.400. The Hall–Kier alpha value is -1.77. The molecule has 1 aromatic carbocycles. The lowest BCUT2D eigenvalue weighted by Gasteiger charge is -2.09. The van der Waals surface area contributed by atoms with Crippen LogP contribution in [0.1, 0.15) is 30.3 Å². The Kier molecular flexibility index (Phi) is 2.82. The van der Waals surface area contributed by atoms with Gasteiger partial charge >= 0.3 is 5.97 Å². The molecule has 94 valence electrons. The number of benzene rings is 1. The van der Waals surface area contributed by atoms with Crippen molar-refractivity contribution in [2.24, 2.45) is 5.92 Å². The fourth-order valence-corrected chi connectivity index (χ4v) is 2.34. The van der Waals surface area contributed by atoms with Crippen molar-refractivity contribution in [2.45, 2.75) is 26.3 Å². The average Bonchev–Trinajstić information content (AvgIpc) is 3.11. The van der Waals surface area contributed by atoms with Gasteiger partial charge in [-0.05, 0) is 37.8 Å². The molecular formula is C15H17NO2. The lowest BCUT2D eigenvalue weighted by Crippen LogP contribution is -2.13. The molecule has 0 aliphatic heterocycles. The third-order valence-corrected chi connectivity index (χ3v) is 3.43. The van der Waals surface area contributed by atoms with Crippen LogP contribution in [-0.2, 0) is 11.3 Å². The van der Waals surface area contributed by atoms with Gasteiger partial charge in [0.25, 0.3) is 0 Å². The highest BCUT2D eigenvalue weighted by Crippen LogP contribution is 2.33. The van der Waals surface area contributed by atoms with E-state index in [2.05, 4.69) is 10.6 Å². The number of esters is 1. The Labute approximate surface area is 106 Å². The van der Waals surface area contributed by atoms with Crippen LogP contribution in [0, 0.1) is 5.92 Å². The Bertz CT molecular complexity index is 581. The summed E-state index contributed by atoms with van der Waals surface area (Å²) in [6.07, 6.45) is 2.55. The number of hydrogen-bond acceptors (Lipinski definition) is 2. The molecule has 3 nitrogen and oxygen atoms in total. The maximum atomic E-state index is 12.0. The van der Waals surface area contributed by atoms with Crippen LogP contribution in [0.25, 0.3) is 10.9 Å². The van der Waals surface area contributed by atoms with E-state index in [1.54, 1.807) is 0 Å². The number of aromatic nitrogens is 1. The minimum absolute atomic E-state index is 0.214. The lowest BCUT2D eigenvalue weighted by atomic mass is 10.2. The summed E-state index contributed by atoms with van der Waals surface area (Å²) >= 11 is 0. The van der Waals surface area contributed by atoms with Crippen LogP contribution in [0.3, 0.4) is 0 Å². The molecule has 1 heterocycles. The minimum Gasteiger partial charge on any atom is -0.461 e. The highest BCUT2D eigenvalue weighted by Gasteiger charge is 2.25. The van der Waals surface area contributed by atoms with Crippen LogP contribution < -0.4 is 0 Å². The second kappa shape index (κ2) is 4.48. The summed E-state index contributed by atoms with van der Waals surface area (Å²) in [5.74, 6) is 0.517. The van der Waals surface area contributed by atoms with Gasteiger partial charge in [0.15, 0.2) is 0 Å². The molecule has 0 spiro atoms. The molecule has 0 radical (unpaired) electrons. The highest BCUT2D eigenvalue weighted by atomic mass is 16.5. The first-order chi connectivity index (χ1) is 8.79. The SMILES string of the molecule is CCOC(=O)c1cc2ccccc2n1CC1CC1. The molecule has 0 amide bonds. The normalized spacial score (nSPS) is 14.9. The molecule has 0 N–H and O–H groups in total. The molecule has 1 aliphatic rings. The number of rotatable bonds is 4. The van der Waals surface area contributed by atoms with E-state index in [-0.39, 0.29) is 5.97 Å². The first kappa shape index (κ1) is 11.3. The van der Waals surface area contributed by atoms with Crippen LogP contribution in [-0.4, -0.2) is 17.1 Å². The Morgan fingerprint density at radius 3 is 2.89 bits per heavy atom. The number of para-hydroxylation sites is 1. The molecule has 0 saturated heterocycles. The van der Waals surface area contributed by atoms with E-state index in [0.29, 0.717) is 12.3 Å². The van der Waals surface area contributed by atoms with E-state index in [1.165, 1.54) is 12.8 Å². The standard InChI is InChI=1S/C15H17NO2/c1-2-18-15(17)14-9-12-5-3-4-6-13(12)16(14)10-11-7-8-11/h3-6,9,11H,2,7-8,10H2,1H3. The molecule has 0 unspecified atom stereocenters. The van der Waals surface area contributed by atoms with E-state index in [4.69, 9.17) is 4.74 Å². The number of hydrogen-bond donors (Lipinski definition) is 0. The van der Waals surface area contributed by atoms with E-state index in [9.17, 15) is 4.79 Å². The van der Waals surface area contributed by atoms with Gasteiger partial charge in [-0.1, -0.05) is 18.2 Å². The van der Waals surface area contributed by atoms with E-state index < -0.39 is 0 Å². The molecule has 3 rings (SSSR count). The van der Waals surface area contributed by atoms with Crippen molar-refractivity contribution >= 4 is 16.9 Å². The monoisotopic (exact) mass is 243 g/mol. The number of nitrogens with zero attached hydrogens (tertiary/aromatic N) is 1.